The van der Waals surface area contributed by atoms with E-state index in [0.29, 0.717) is 19.6 Å². The van der Waals surface area contributed by atoms with Crippen LogP contribution < -0.4 is 0 Å². The number of carbonyl (C=O) groups is 2. The summed E-state index contributed by atoms with van der Waals surface area (Å²) in [4.78, 5) is 26.8. The molecule has 2 atom stereocenters. The van der Waals surface area contributed by atoms with Crippen molar-refractivity contribution < 1.29 is 14.7 Å². The van der Waals surface area contributed by atoms with Crippen LogP contribution in [0.5, 0.6) is 0 Å². The van der Waals surface area contributed by atoms with Gasteiger partial charge in [-0.1, -0.05) is 18.6 Å². The number of aliphatic carboxylic acids is 1. The van der Waals surface area contributed by atoms with Crippen molar-refractivity contribution >= 4 is 12.0 Å². The molecule has 0 aromatic carbocycles. The van der Waals surface area contributed by atoms with E-state index in [1.54, 1.807) is 4.90 Å². The second kappa shape index (κ2) is 5.00. The molecule has 0 aliphatic carbocycles. The summed E-state index contributed by atoms with van der Waals surface area (Å²) in [5.41, 5.74) is 1.21. The summed E-state index contributed by atoms with van der Waals surface area (Å²) < 4.78 is 0. The Balaban J connectivity index is 1.99. The van der Waals surface area contributed by atoms with Crippen molar-refractivity contribution in [3.8, 4) is 0 Å². The summed E-state index contributed by atoms with van der Waals surface area (Å²) in [6.07, 6.45) is 3.04. The van der Waals surface area contributed by atoms with Crippen LogP contribution in [0.25, 0.3) is 0 Å². The maximum Gasteiger partial charge on any atom is 0.320 e. The largest absolute Gasteiger partial charge is 0.481 e. The van der Waals surface area contributed by atoms with E-state index in [4.69, 9.17) is 5.11 Å². The molecule has 2 aliphatic heterocycles. The van der Waals surface area contributed by atoms with Crippen LogP contribution in [-0.4, -0.2) is 53.1 Å². The number of nitrogens with zero attached hydrogens (tertiary/aromatic N) is 2. The Bertz CT molecular complexity index is 392. The highest BCUT2D eigenvalue weighted by Crippen LogP contribution is 2.24. The van der Waals surface area contributed by atoms with Gasteiger partial charge >= 0.3 is 12.0 Å². The molecule has 1 fully saturated rings. The summed E-state index contributed by atoms with van der Waals surface area (Å²) in [5, 5.41) is 9.07. The highest BCUT2D eigenvalue weighted by Gasteiger charge is 2.38. The maximum atomic E-state index is 12.3. The standard InChI is InChI=1S/C13H20N2O3/c1-9-4-3-5-14(6-9)13(18)15-7-10(2)11(8-15)12(16)17/h4,10-11H,3,5-8H2,1-2H3,(H,16,17). The molecular formula is C13H20N2O3. The Kier molecular flexibility index (Phi) is 3.59. The third-order valence-electron chi connectivity index (χ3n) is 3.80. The molecule has 2 amide bonds. The van der Waals surface area contributed by atoms with E-state index in [1.807, 2.05) is 18.7 Å². The van der Waals surface area contributed by atoms with Crippen LogP contribution in [0, 0.1) is 11.8 Å². The summed E-state index contributed by atoms with van der Waals surface area (Å²) in [6.45, 7) is 6.21. The van der Waals surface area contributed by atoms with Gasteiger partial charge in [0.2, 0.25) is 0 Å². The van der Waals surface area contributed by atoms with Crippen molar-refractivity contribution in [2.75, 3.05) is 26.2 Å². The first-order chi connectivity index (χ1) is 8.49. The zero-order valence-electron chi connectivity index (χ0n) is 10.9. The van der Waals surface area contributed by atoms with Crippen LogP contribution >= 0.6 is 0 Å². The maximum absolute atomic E-state index is 12.3. The predicted molar refractivity (Wildman–Crippen MR) is 67.2 cm³/mol. The fourth-order valence-electron chi connectivity index (χ4n) is 2.72. The first kappa shape index (κ1) is 12.9. The number of amides is 2. The SMILES string of the molecule is CC1=CCCN(C(=O)N2CC(C)C(C(=O)O)C2)C1. The molecule has 100 valence electrons. The molecule has 1 saturated heterocycles. The highest BCUT2D eigenvalue weighted by molar-refractivity contribution is 5.78. The predicted octanol–water partition coefficient (Wildman–Crippen LogP) is 1.41. The molecule has 5 nitrogen and oxygen atoms in total. The number of rotatable bonds is 1. The van der Waals surface area contributed by atoms with Crippen molar-refractivity contribution in [1.82, 2.24) is 9.80 Å². The Morgan fingerprint density at radius 1 is 1.33 bits per heavy atom. The van der Waals surface area contributed by atoms with Crippen LogP contribution in [0.3, 0.4) is 0 Å². The number of hydrogen-bond acceptors (Lipinski definition) is 2. The monoisotopic (exact) mass is 252 g/mol. The second-order valence-electron chi connectivity index (χ2n) is 5.37. The molecule has 1 N–H and O–H groups in total. The number of carboxylic acid groups (broad SMARTS) is 1. The van der Waals surface area contributed by atoms with Crippen LogP contribution in [0.15, 0.2) is 11.6 Å². The van der Waals surface area contributed by atoms with Crippen molar-refractivity contribution in [2.24, 2.45) is 11.8 Å². The molecule has 0 aromatic heterocycles. The number of carbonyl (C=O) groups excluding carboxylic acids is 1. The zero-order valence-corrected chi connectivity index (χ0v) is 10.9. The van der Waals surface area contributed by atoms with E-state index in [0.717, 1.165) is 13.0 Å². The highest BCUT2D eigenvalue weighted by atomic mass is 16.4. The van der Waals surface area contributed by atoms with Gasteiger partial charge in [-0.2, -0.15) is 0 Å². The Morgan fingerprint density at radius 2 is 2.06 bits per heavy atom. The van der Waals surface area contributed by atoms with Crippen LogP contribution in [0.1, 0.15) is 20.3 Å². The molecular weight excluding hydrogens is 232 g/mol. The van der Waals surface area contributed by atoms with Gasteiger partial charge in [-0.25, -0.2) is 4.79 Å². The quantitative estimate of drug-likeness (QED) is 0.718. The number of carboxylic acids is 1. The third-order valence-corrected chi connectivity index (χ3v) is 3.80. The van der Waals surface area contributed by atoms with Gasteiger partial charge < -0.3 is 14.9 Å². The minimum atomic E-state index is -0.799. The van der Waals surface area contributed by atoms with E-state index < -0.39 is 11.9 Å². The van der Waals surface area contributed by atoms with Crippen LogP contribution in [0.4, 0.5) is 4.79 Å². The Labute approximate surface area is 107 Å². The zero-order chi connectivity index (χ0) is 13.3. The van der Waals surface area contributed by atoms with Crippen LogP contribution in [0.2, 0.25) is 0 Å². The third kappa shape index (κ3) is 2.49. The fourth-order valence-corrected chi connectivity index (χ4v) is 2.72. The topological polar surface area (TPSA) is 60.9 Å². The lowest BCUT2D eigenvalue weighted by atomic mass is 9.99. The smallest absolute Gasteiger partial charge is 0.320 e. The van der Waals surface area contributed by atoms with E-state index >= 15 is 0 Å². The van der Waals surface area contributed by atoms with Gasteiger partial charge in [0.05, 0.1) is 5.92 Å². The van der Waals surface area contributed by atoms with Crippen molar-refractivity contribution in [3.05, 3.63) is 11.6 Å². The normalized spacial score (nSPS) is 28.2. The van der Waals surface area contributed by atoms with Crippen molar-refractivity contribution in [1.29, 1.82) is 0 Å². The number of urea groups is 1. The molecule has 0 spiro atoms. The fraction of sp³-hybridized carbons (Fsp3) is 0.692. The summed E-state index contributed by atoms with van der Waals surface area (Å²) in [5.74, 6) is -1.18. The van der Waals surface area contributed by atoms with Crippen molar-refractivity contribution in [3.63, 3.8) is 0 Å². The molecule has 0 bridgehead atoms. The number of hydrogen-bond donors (Lipinski definition) is 1. The average Bonchev–Trinajstić information content (AvgIpc) is 2.70. The molecule has 2 rings (SSSR count). The molecule has 2 unspecified atom stereocenters. The molecule has 0 radical (unpaired) electrons. The second-order valence-corrected chi connectivity index (χ2v) is 5.37. The molecule has 0 saturated carbocycles. The molecule has 18 heavy (non-hydrogen) atoms. The van der Waals surface area contributed by atoms with Gasteiger partial charge in [0.1, 0.15) is 0 Å². The molecule has 5 heteroatoms. The van der Waals surface area contributed by atoms with Gasteiger partial charge in [-0.05, 0) is 19.3 Å². The van der Waals surface area contributed by atoms with Gasteiger partial charge in [0.25, 0.3) is 0 Å². The lowest BCUT2D eigenvalue weighted by molar-refractivity contribution is -0.142. The lowest BCUT2D eigenvalue weighted by Gasteiger charge is -2.30. The first-order valence-corrected chi connectivity index (χ1v) is 6.41. The first-order valence-electron chi connectivity index (χ1n) is 6.41. The van der Waals surface area contributed by atoms with Gasteiger partial charge in [-0.15, -0.1) is 0 Å². The minimum Gasteiger partial charge on any atom is -0.481 e. The van der Waals surface area contributed by atoms with Gasteiger partial charge in [0, 0.05) is 26.2 Å². The lowest BCUT2D eigenvalue weighted by Crippen LogP contribution is -2.44. The van der Waals surface area contributed by atoms with E-state index in [1.165, 1.54) is 5.57 Å². The molecule has 2 heterocycles. The van der Waals surface area contributed by atoms with E-state index in [9.17, 15) is 9.59 Å². The van der Waals surface area contributed by atoms with Crippen LogP contribution in [-0.2, 0) is 4.79 Å². The average molecular weight is 252 g/mol. The van der Waals surface area contributed by atoms with Gasteiger partial charge in [0.15, 0.2) is 0 Å². The van der Waals surface area contributed by atoms with E-state index in [2.05, 4.69) is 6.08 Å². The Morgan fingerprint density at radius 3 is 2.61 bits per heavy atom. The summed E-state index contributed by atoms with van der Waals surface area (Å²) >= 11 is 0. The summed E-state index contributed by atoms with van der Waals surface area (Å²) in [7, 11) is 0. The molecule has 2 aliphatic rings. The minimum absolute atomic E-state index is 0.0157. The molecule has 0 aromatic rings. The number of likely N-dealkylation sites (tertiary alicyclic amines) is 1. The Hall–Kier alpha value is -1.52. The summed E-state index contributed by atoms with van der Waals surface area (Å²) in [6, 6.07) is -0.0157. The van der Waals surface area contributed by atoms with Gasteiger partial charge in [-0.3, -0.25) is 4.79 Å². The van der Waals surface area contributed by atoms with Crippen molar-refractivity contribution in [2.45, 2.75) is 20.3 Å². The van der Waals surface area contributed by atoms with E-state index in [-0.39, 0.29) is 11.9 Å².